The molecule has 0 bridgehead atoms. The van der Waals surface area contributed by atoms with E-state index in [1.54, 1.807) is 0 Å². The number of hydrogen-bond donors (Lipinski definition) is 0. The number of amides is 4. The van der Waals surface area contributed by atoms with Gasteiger partial charge >= 0.3 is 6.03 Å². The predicted octanol–water partition coefficient (Wildman–Crippen LogP) is 0.594. The number of rotatable bonds is 0. The Morgan fingerprint density at radius 2 is 1.73 bits per heavy atom. The van der Waals surface area contributed by atoms with E-state index in [1.807, 2.05) is 6.92 Å². The van der Waals surface area contributed by atoms with Crippen LogP contribution in [0.2, 0.25) is 0 Å². The molecule has 0 N–H and O–H groups in total. The maximum Gasteiger partial charge on any atom is 0.334 e. The van der Waals surface area contributed by atoms with Gasteiger partial charge < -0.3 is 0 Å². The van der Waals surface area contributed by atoms with Crippen LogP contribution in [0.25, 0.3) is 0 Å². The molecule has 1 heterocycles. The van der Waals surface area contributed by atoms with Gasteiger partial charge in [0.2, 0.25) is 11.8 Å². The summed E-state index contributed by atoms with van der Waals surface area (Å²) in [5, 5.41) is 0. The van der Waals surface area contributed by atoms with Crippen molar-refractivity contribution < 1.29 is 14.4 Å². The summed E-state index contributed by atoms with van der Waals surface area (Å²) in [4.78, 5) is 36.9. The lowest BCUT2D eigenvalue weighted by atomic mass is 9.76. The molecule has 15 heavy (non-hydrogen) atoms. The van der Waals surface area contributed by atoms with Crippen molar-refractivity contribution in [1.82, 2.24) is 9.80 Å². The summed E-state index contributed by atoms with van der Waals surface area (Å²) in [5.74, 6) is -0.247. The molecule has 82 valence electrons. The Morgan fingerprint density at radius 3 is 2.07 bits per heavy atom. The first-order valence-electron chi connectivity index (χ1n) is 5.08. The Labute approximate surface area is 88.0 Å². The lowest BCUT2D eigenvalue weighted by Gasteiger charge is -2.41. The molecule has 5 heteroatoms. The molecule has 0 spiro atoms. The molecule has 0 aromatic heterocycles. The zero-order chi connectivity index (χ0) is 11.3. The number of carbonyl (C=O) groups excluding carboxylic acids is 3. The van der Waals surface area contributed by atoms with Crippen LogP contribution in [-0.4, -0.2) is 39.7 Å². The van der Waals surface area contributed by atoms with E-state index in [9.17, 15) is 14.4 Å². The second-order valence-electron chi connectivity index (χ2n) is 4.33. The standard InChI is InChI=1S/C10H14N2O3/c1-5-4-8-9(5)12(7(3)14)10(15)11(8)6(2)13/h5,8-9H,4H2,1-3H3. The minimum Gasteiger partial charge on any atom is -0.275 e. The normalized spacial score (nSPS) is 33.8. The van der Waals surface area contributed by atoms with Gasteiger partial charge in [0.25, 0.3) is 0 Å². The summed E-state index contributed by atoms with van der Waals surface area (Å²) in [5.41, 5.74) is 0. The number of urea groups is 1. The molecule has 2 rings (SSSR count). The van der Waals surface area contributed by atoms with Crippen molar-refractivity contribution >= 4 is 17.8 Å². The molecular formula is C10H14N2O3. The Kier molecular flexibility index (Phi) is 2.06. The highest BCUT2D eigenvalue weighted by atomic mass is 16.2. The average Bonchev–Trinajstić information content (AvgIpc) is 2.34. The van der Waals surface area contributed by atoms with Crippen molar-refractivity contribution in [3.8, 4) is 0 Å². The predicted molar refractivity (Wildman–Crippen MR) is 51.8 cm³/mol. The number of imide groups is 2. The van der Waals surface area contributed by atoms with Crippen LogP contribution in [0, 0.1) is 5.92 Å². The Bertz CT molecular complexity index is 353. The minimum atomic E-state index is -0.450. The molecular weight excluding hydrogens is 196 g/mol. The molecule has 2 aliphatic rings. The van der Waals surface area contributed by atoms with Crippen molar-refractivity contribution in [2.45, 2.75) is 39.3 Å². The summed E-state index contributed by atoms with van der Waals surface area (Å²) in [7, 11) is 0. The van der Waals surface area contributed by atoms with E-state index in [2.05, 4.69) is 0 Å². The fourth-order valence-corrected chi connectivity index (χ4v) is 2.63. The molecule has 4 amide bonds. The molecule has 0 radical (unpaired) electrons. The molecule has 1 saturated carbocycles. The van der Waals surface area contributed by atoms with Crippen molar-refractivity contribution in [2.75, 3.05) is 0 Å². The van der Waals surface area contributed by atoms with Gasteiger partial charge in [0.05, 0.1) is 12.1 Å². The molecule has 1 aliphatic heterocycles. The first-order valence-corrected chi connectivity index (χ1v) is 5.08. The summed E-state index contributed by atoms with van der Waals surface area (Å²) in [6.07, 6.45) is 0.805. The number of fused-ring (bicyclic) bond motifs is 1. The van der Waals surface area contributed by atoms with Crippen molar-refractivity contribution in [1.29, 1.82) is 0 Å². The molecule has 1 saturated heterocycles. The van der Waals surface area contributed by atoms with Crippen LogP contribution in [0.5, 0.6) is 0 Å². The second kappa shape index (κ2) is 3.05. The van der Waals surface area contributed by atoms with E-state index in [1.165, 1.54) is 23.6 Å². The monoisotopic (exact) mass is 210 g/mol. The topological polar surface area (TPSA) is 57.7 Å². The molecule has 5 nitrogen and oxygen atoms in total. The summed E-state index contributed by atoms with van der Waals surface area (Å²) in [6, 6.07) is -0.637. The van der Waals surface area contributed by atoms with Gasteiger partial charge in [-0.3, -0.25) is 19.4 Å². The lowest BCUT2D eigenvalue weighted by molar-refractivity contribution is -0.131. The molecule has 3 atom stereocenters. The van der Waals surface area contributed by atoms with Crippen LogP contribution < -0.4 is 0 Å². The van der Waals surface area contributed by atoms with Crippen LogP contribution in [0.15, 0.2) is 0 Å². The quantitative estimate of drug-likeness (QED) is 0.588. The summed E-state index contributed by atoms with van der Waals surface area (Å²) >= 11 is 0. The Morgan fingerprint density at radius 1 is 1.20 bits per heavy atom. The van der Waals surface area contributed by atoms with E-state index in [4.69, 9.17) is 0 Å². The minimum absolute atomic E-state index is 0.0890. The highest BCUT2D eigenvalue weighted by Gasteiger charge is 2.57. The SMILES string of the molecule is CC(=O)N1C(=O)N(C(C)=O)C2C(C)CC21. The summed E-state index contributed by atoms with van der Waals surface area (Å²) < 4.78 is 0. The largest absolute Gasteiger partial charge is 0.334 e. The summed E-state index contributed by atoms with van der Waals surface area (Å²) in [6.45, 7) is 4.72. The zero-order valence-electron chi connectivity index (χ0n) is 9.06. The molecule has 2 fully saturated rings. The van der Waals surface area contributed by atoms with E-state index in [-0.39, 0.29) is 23.9 Å². The van der Waals surface area contributed by atoms with Crippen LogP contribution in [0.3, 0.4) is 0 Å². The van der Waals surface area contributed by atoms with Gasteiger partial charge in [0.15, 0.2) is 0 Å². The third kappa shape index (κ3) is 1.19. The van der Waals surface area contributed by atoms with E-state index in [0.717, 1.165) is 6.42 Å². The highest BCUT2D eigenvalue weighted by molar-refractivity contribution is 6.04. The number of nitrogens with zero attached hydrogens (tertiary/aromatic N) is 2. The number of carbonyl (C=O) groups is 3. The van der Waals surface area contributed by atoms with E-state index >= 15 is 0 Å². The lowest BCUT2D eigenvalue weighted by Crippen LogP contribution is -2.54. The Balaban J connectivity index is 2.32. The maximum atomic E-state index is 11.8. The van der Waals surface area contributed by atoms with Gasteiger partial charge in [0.1, 0.15) is 0 Å². The zero-order valence-corrected chi connectivity index (χ0v) is 9.06. The van der Waals surface area contributed by atoms with Crippen LogP contribution in [0.1, 0.15) is 27.2 Å². The Hall–Kier alpha value is -1.39. The third-order valence-electron chi connectivity index (χ3n) is 3.31. The fourth-order valence-electron chi connectivity index (χ4n) is 2.63. The van der Waals surface area contributed by atoms with Gasteiger partial charge in [-0.25, -0.2) is 4.79 Å². The van der Waals surface area contributed by atoms with Gasteiger partial charge in [-0.1, -0.05) is 6.92 Å². The molecule has 3 unspecified atom stereocenters. The third-order valence-corrected chi connectivity index (χ3v) is 3.31. The molecule has 0 aromatic carbocycles. The van der Waals surface area contributed by atoms with Crippen LogP contribution >= 0.6 is 0 Å². The first-order chi connectivity index (χ1) is 6.95. The first kappa shape index (κ1) is 10.1. The van der Waals surface area contributed by atoms with Crippen LogP contribution in [0.4, 0.5) is 4.79 Å². The average molecular weight is 210 g/mol. The van der Waals surface area contributed by atoms with Crippen LogP contribution in [-0.2, 0) is 9.59 Å². The molecule has 0 aromatic rings. The van der Waals surface area contributed by atoms with Crippen molar-refractivity contribution in [3.63, 3.8) is 0 Å². The highest BCUT2D eigenvalue weighted by Crippen LogP contribution is 2.41. The van der Waals surface area contributed by atoms with E-state index in [0.29, 0.717) is 5.92 Å². The van der Waals surface area contributed by atoms with Gasteiger partial charge in [-0.05, 0) is 12.3 Å². The number of hydrogen-bond acceptors (Lipinski definition) is 3. The smallest absolute Gasteiger partial charge is 0.275 e. The fraction of sp³-hybridized carbons (Fsp3) is 0.700. The maximum absolute atomic E-state index is 11.8. The second-order valence-corrected chi connectivity index (χ2v) is 4.33. The van der Waals surface area contributed by atoms with Gasteiger partial charge in [-0.2, -0.15) is 0 Å². The molecule has 1 aliphatic carbocycles. The van der Waals surface area contributed by atoms with Crippen molar-refractivity contribution in [3.05, 3.63) is 0 Å². The van der Waals surface area contributed by atoms with Gasteiger partial charge in [0, 0.05) is 13.8 Å². The van der Waals surface area contributed by atoms with Gasteiger partial charge in [-0.15, -0.1) is 0 Å². The van der Waals surface area contributed by atoms with E-state index < -0.39 is 6.03 Å². The van der Waals surface area contributed by atoms with Crippen molar-refractivity contribution in [2.24, 2.45) is 5.92 Å².